The SMILES string of the molecule is NNC(COc1ccccc1)Cc1cc(F)ccc1Cl. The van der Waals surface area contributed by atoms with Crippen molar-refractivity contribution in [1.82, 2.24) is 5.43 Å². The van der Waals surface area contributed by atoms with Gasteiger partial charge in [0.25, 0.3) is 0 Å². The third-order valence-corrected chi connectivity index (χ3v) is 3.27. The Bertz CT molecular complexity index is 551. The minimum Gasteiger partial charge on any atom is -0.492 e. The molecule has 0 aromatic heterocycles. The molecule has 0 fully saturated rings. The van der Waals surface area contributed by atoms with E-state index in [-0.39, 0.29) is 11.9 Å². The molecule has 0 aliphatic heterocycles. The topological polar surface area (TPSA) is 47.3 Å². The van der Waals surface area contributed by atoms with Crippen LogP contribution >= 0.6 is 11.6 Å². The van der Waals surface area contributed by atoms with Gasteiger partial charge in [-0.2, -0.15) is 0 Å². The minimum absolute atomic E-state index is 0.158. The Balaban J connectivity index is 1.97. The van der Waals surface area contributed by atoms with Gasteiger partial charge in [-0.05, 0) is 42.3 Å². The van der Waals surface area contributed by atoms with Crippen molar-refractivity contribution in [3.8, 4) is 5.75 Å². The monoisotopic (exact) mass is 294 g/mol. The fourth-order valence-electron chi connectivity index (χ4n) is 1.84. The van der Waals surface area contributed by atoms with Crippen LogP contribution < -0.4 is 16.0 Å². The molecule has 1 unspecified atom stereocenters. The van der Waals surface area contributed by atoms with Crippen molar-refractivity contribution >= 4 is 11.6 Å². The fourth-order valence-corrected chi connectivity index (χ4v) is 2.04. The second-order valence-electron chi connectivity index (χ2n) is 4.43. The van der Waals surface area contributed by atoms with Gasteiger partial charge >= 0.3 is 0 Å². The van der Waals surface area contributed by atoms with Crippen molar-refractivity contribution < 1.29 is 9.13 Å². The highest BCUT2D eigenvalue weighted by Crippen LogP contribution is 2.19. The summed E-state index contributed by atoms with van der Waals surface area (Å²) in [6, 6.07) is 13.6. The predicted octanol–water partition coefficient (Wildman–Crippen LogP) is 2.93. The highest BCUT2D eigenvalue weighted by Gasteiger charge is 2.12. The van der Waals surface area contributed by atoms with Crippen molar-refractivity contribution in [3.63, 3.8) is 0 Å². The Morgan fingerprint density at radius 2 is 1.95 bits per heavy atom. The summed E-state index contributed by atoms with van der Waals surface area (Å²) >= 11 is 6.04. The van der Waals surface area contributed by atoms with Gasteiger partial charge in [0.1, 0.15) is 18.2 Å². The van der Waals surface area contributed by atoms with Crippen LogP contribution in [0.5, 0.6) is 5.75 Å². The van der Waals surface area contributed by atoms with E-state index < -0.39 is 0 Å². The maximum Gasteiger partial charge on any atom is 0.123 e. The van der Waals surface area contributed by atoms with E-state index in [1.54, 1.807) is 0 Å². The van der Waals surface area contributed by atoms with Gasteiger partial charge in [-0.25, -0.2) is 4.39 Å². The number of hydrazine groups is 1. The van der Waals surface area contributed by atoms with Crippen LogP contribution in [-0.2, 0) is 6.42 Å². The molecule has 0 amide bonds. The summed E-state index contributed by atoms with van der Waals surface area (Å²) in [4.78, 5) is 0. The number of nitrogens with one attached hydrogen (secondary N) is 1. The molecular formula is C15H16ClFN2O. The van der Waals surface area contributed by atoms with E-state index in [1.165, 1.54) is 18.2 Å². The van der Waals surface area contributed by atoms with Crippen LogP contribution in [-0.4, -0.2) is 12.6 Å². The number of nitrogens with two attached hydrogens (primary N) is 1. The van der Waals surface area contributed by atoms with E-state index in [4.69, 9.17) is 22.2 Å². The lowest BCUT2D eigenvalue weighted by molar-refractivity contribution is 0.264. The first-order chi connectivity index (χ1) is 9.69. The molecule has 0 radical (unpaired) electrons. The maximum absolute atomic E-state index is 13.2. The highest BCUT2D eigenvalue weighted by atomic mass is 35.5. The number of ether oxygens (including phenoxy) is 1. The Hall–Kier alpha value is -1.62. The molecule has 0 spiro atoms. The van der Waals surface area contributed by atoms with Crippen molar-refractivity contribution in [2.45, 2.75) is 12.5 Å². The van der Waals surface area contributed by atoms with E-state index in [2.05, 4.69) is 5.43 Å². The van der Waals surface area contributed by atoms with Crippen molar-refractivity contribution in [2.24, 2.45) is 5.84 Å². The van der Waals surface area contributed by atoms with E-state index in [1.807, 2.05) is 30.3 Å². The zero-order chi connectivity index (χ0) is 14.4. The molecule has 3 N–H and O–H groups in total. The molecule has 0 saturated heterocycles. The largest absolute Gasteiger partial charge is 0.492 e. The van der Waals surface area contributed by atoms with Crippen LogP contribution in [0.2, 0.25) is 5.02 Å². The predicted molar refractivity (Wildman–Crippen MR) is 78.2 cm³/mol. The zero-order valence-electron chi connectivity index (χ0n) is 10.9. The fraction of sp³-hybridized carbons (Fsp3) is 0.200. The third-order valence-electron chi connectivity index (χ3n) is 2.90. The molecule has 20 heavy (non-hydrogen) atoms. The van der Waals surface area contributed by atoms with Gasteiger partial charge in [0, 0.05) is 5.02 Å². The number of hydrogen-bond donors (Lipinski definition) is 2. The Morgan fingerprint density at radius 1 is 1.20 bits per heavy atom. The molecular weight excluding hydrogens is 279 g/mol. The maximum atomic E-state index is 13.2. The molecule has 2 aromatic rings. The summed E-state index contributed by atoms with van der Waals surface area (Å²) in [7, 11) is 0. The summed E-state index contributed by atoms with van der Waals surface area (Å²) < 4.78 is 18.8. The van der Waals surface area contributed by atoms with Crippen LogP contribution in [0, 0.1) is 5.82 Å². The number of para-hydroxylation sites is 1. The van der Waals surface area contributed by atoms with Crippen LogP contribution in [0.3, 0.4) is 0 Å². The van der Waals surface area contributed by atoms with Gasteiger partial charge < -0.3 is 4.74 Å². The van der Waals surface area contributed by atoms with Crippen LogP contribution in [0.25, 0.3) is 0 Å². The summed E-state index contributed by atoms with van der Waals surface area (Å²) in [6.45, 7) is 0.368. The first-order valence-corrected chi connectivity index (χ1v) is 6.64. The number of rotatable bonds is 6. The molecule has 106 valence electrons. The molecule has 0 aliphatic rings. The molecule has 1 atom stereocenters. The molecule has 0 heterocycles. The van der Waals surface area contributed by atoms with E-state index in [9.17, 15) is 4.39 Å². The normalized spacial score (nSPS) is 12.2. The van der Waals surface area contributed by atoms with Gasteiger partial charge in [0.05, 0.1) is 6.04 Å². The second kappa shape index (κ2) is 7.24. The van der Waals surface area contributed by atoms with Crippen molar-refractivity contribution in [3.05, 3.63) is 64.9 Å². The minimum atomic E-state index is -0.316. The average Bonchev–Trinajstić information content (AvgIpc) is 2.48. The number of benzene rings is 2. The van der Waals surface area contributed by atoms with Crippen molar-refractivity contribution in [1.29, 1.82) is 0 Å². The second-order valence-corrected chi connectivity index (χ2v) is 4.83. The molecule has 3 nitrogen and oxygen atoms in total. The number of halogens is 2. The molecule has 2 aromatic carbocycles. The lowest BCUT2D eigenvalue weighted by Gasteiger charge is -2.17. The first-order valence-electron chi connectivity index (χ1n) is 6.27. The van der Waals surface area contributed by atoms with E-state index in [0.717, 1.165) is 5.75 Å². The van der Waals surface area contributed by atoms with Gasteiger partial charge in [-0.1, -0.05) is 29.8 Å². The molecule has 0 saturated carbocycles. The standard InChI is InChI=1S/C15H16ClFN2O/c16-15-7-6-12(17)8-11(15)9-13(19-18)10-20-14-4-2-1-3-5-14/h1-8,13,19H,9-10,18H2. The van der Waals surface area contributed by atoms with E-state index in [0.29, 0.717) is 23.6 Å². The summed E-state index contributed by atoms with van der Waals surface area (Å²) in [6.07, 6.45) is 0.486. The summed E-state index contributed by atoms with van der Waals surface area (Å²) in [5.74, 6) is 5.95. The Labute approximate surface area is 122 Å². The van der Waals surface area contributed by atoms with Crippen LogP contribution in [0.15, 0.2) is 48.5 Å². The molecule has 0 aliphatic carbocycles. The van der Waals surface area contributed by atoms with Gasteiger partial charge in [0.15, 0.2) is 0 Å². The van der Waals surface area contributed by atoms with Crippen LogP contribution in [0.1, 0.15) is 5.56 Å². The van der Waals surface area contributed by atoms with Crippen LogP contribution in [0.4, 0.5) is 4.39 Å². The lowest BCUT2D eigenvalue weighted by Crippen LogP contribution is -2.41. The van der Waals surface area contributed by atoms with Crippen molar-refractivity contribution in [2.75, 3.05) is 6.61 Å². The summed E-state index contributed by atoms with van der Waals surface area (Å²) in [5, 5.41) is 0.520. The molecule has 0 bridgehead atoms. The average molecular weight is 295 g/mol. The molecule has 5 heteroatoms. The first kappa shape index (κ1) is 14.8. The lowest BCUT2D eigenvalue weighted by atomic mass is 10.1. The molecule has 2 rings (SSSR count). The van der Waals surface area contributed by atoms with Gasteiger partial charge in [-0.15, -0.1) is 0 Å². The zero-order valence-corrected chi connectivity index (χ0v) is 11.6. The third kappa shape index (κ3) is 4.20. The highest BCUT2D eigenvalue weighted by molar-refractivity contribution is 6.31. The smallest absolute Gasteiger partial charge is 0.123 e. The number of hydrogen-bond acceptors (Lipinski definition) is 3. The Kier molecular flexibility index (Phi) is 5.35. The Morgan fingerprint density at radius 3 is 2.65 bits per heavy atom. The quantitative estimate of drug-likeness (QED) is 0.636. The van der Waals surface area contributed by atoms with Gasteiger partial charge in [0.2, 0.25) is 0 Å². The summed E-state index contributed by atoms with van der Waals surface area (Å²) in [5.41, 5.74) is 3.36. The van der Waals surface area contributed by atoms with E-state index >= 15 is 0 Å². The van der Waals surface area contributed by atoms with Gasteiger partial charge in [-0.3, -0.25) is 11.3 Å².